The fraction of sp³-hybridized carbons (Fsp3) is 0.0833. The van der Waals surface area contributed by atoms with Gasteiger partial charge in [0, 0.05) is 34.4 Å². The maximum atomic E-state index is 13.9. The molecule has 0 amide bonds. The summed E-state index contributed by atoms with van der Waals surface area (Å²) in [4.78, 5) is 17.7. The van der Waals surface area contributed by atoms with Crippen molar-refractivity contribution in [1.82, 2.24) is 14.0 Å². The predicted octanol–water partition coefficient (Wildman–Crippen LogP) is 6.31. The van der Waals surface area contributed by atoms with Crippen LogP contribution in [0, 0.1) is 18.6 Å². The largest absolute Gasteiger partial charge is 0.394 e. The first kappa shape index (κ1) is 21.6. The molecular formula is C24H16BrClF2N4O. The molecule has 0 spiro atoms. The van der Waals surface area contributed by atoms with Crippen LogP contribution in [-0.2, 0) is 7.05 Å². The topological polar surface area (TPSA) is 65.3 Å². The molecule has 0 aliphatic heterocycles. The van der Waals surface area contributed by atoms with Gasteiger partial charge in [0.25, 0.3) is 0 Å². The molecular weight excluding hydrogens is 514 g/mol. The molecule has 5 nitrogen and oxygen atoms in total. The van der Waals surface area contributed by atoms with E-state index in [9.17, 15) is 13.6 Å². The molecule has 5 rings (SSSR count). The van der Waals surface area contributed by atoms with Gasteiger partial charge < -0.3 is 14.7 Å². The van der Waals surface area contributed by atoms with E-state index in [1.165, 1.54) is 0 Å². The van der Waals surface area contributed by atoms with E-state index in [2.05, 4.69) is 20.9 Å². The van der Waals surface area contributed by atoms with Crippen LogP contribution in [-0.4, -0.2) is 19.7 Å². The van der Waals surface area contributed by atoms with Crippen LogP contribution in [0.5, 0.6) is 0 Å². The zero-order chi connectivity index (χ0) is 23.6. The quantitative estimate of drug-likeness (QED) is 0.220. The Kier molecular flexibility index (Phi) is 5.02. The van der Waals surface area contributed by atoms with Crippen molar-refractivity contribution in [2.75, 3.05) is 5.73 Å². The number of nitrogen functional groups attached to an aromatic ring is 1. The van der Waals surface area contributed by atoms with Crippen LogP contribution in [0.25, 0.3) is 27.7 Å². The first-order valence-corrected chi connectivity index (χ1v) is 11.1. The van der Waals surface area contributed by atoms with Crippen molar-refractivity contribution >= 4 is 55.6 Å². The number of fused-ring (bicyclic) bond motifs is 2. The lowest BCUT2D eigenvalue weighted by Gasteiger charge is -2.12. The van der Waals surface area contributed by atoms with E-state index >= 15 is 0 Å². The highest BCUT2D eigenvalue weighted by atomic mass is 79.9. The van der Waals surface area contributed by atoms with Crippen molar-refractivity contribution in [2.45, 2.75) is 6.92 Å². The van der Waals surface area contributed by atoms with Gasteiger partial charge in [-0.15, -0.1) is 0 Å². The number of nitrogens with two attached hydrogens (primary N) is 1. The number of pyridine rings is 1. The fourth-order valence-corrected chi connectivity index (χ4v) is 5.10. The molecule has 33 heavy (non-hydrogen) atoms. The van der Waals surface area contributed by atoms with E-state index in [0.717, 1.165) is 39.1 Å². The van der Waals surface area contributed by atoms with Gasteiger partial charge in [0.05, 0.1) is 21.7 Å². The number of imidazole rings is 1. The number of carbonyl (C=O) groups excluding carboxylic acids is 1. The highest BCUT2D eigenvalue weighted by Crippen LogP contribution is 2.42. The van der Waals surface area contributed by atoms with Gasteiger partial charge in [0.1, 0.15) is 28.7 Å². The van der Waals surface area contributed by atoms with Crippen LogP contribution < -0.4 is 5.73 Å². The third-order valence-electron chi connectivity index (χ3n) is 5.83. The van der Waals surface area contributed by atoms with Crippen molar-refractivity contribution in [3.63, 3.8) is 0 Å². The molecule has 2 N–H and O–H groups in total. The van der Waals surface area contributed by atoms with Crippen LogP contribution in [0.4, 0.5) is 14.5 Å². The summed E-state index contributed by atoms with van der Waals surface area (Å²) in [6.07, 6.45) is 1.71. The average molecular weight is 530 g/mol. The van der Waals surface area contributed by atoms with Crippen molar-refractivity contribution < 1.29 is 13.6 Å². The maximum absolute atomic E-state index is 13.9. The Morgan fingerprint density at radius 2 is 1.82 bits per heavy atom. The summed E-state index contributed by atoms with van der Waals surface area (Å²) in [6, 6.07) is 10.9. The second-order valence-electron chi connectivity index (χ2n) is 7.71. The van der Waals surface area contributed by atoms with E-state index in [1.54, 1.807) is 28.8 Å². The van der Waals surface area contributed by atoms with E-state index in [0.29, 0.717) is 16.1 Å². The predicted molar refractivity (Wildman–Crippen MR) is 129 cm³/mol. The summed E-state index contributed by atoms with van der Waals surface area (Å²) < 4.78 is 32.3. The first-order valence-electron chi connectivity index (χ1n) is 9.89. The minimum Gasteiger partial charge on any atom is -0.394 e. The van der Waals surface area contributed by atoms with Gasteiger partial charge in [0.2, 0.25) is 5.78 Å². The minimum absolute atomic E-state index is 0.130. The number of anilines is 1. The number of aromatic nitrogens is 3. The van der Waals surface area contributed by atoms with Gasteiger partial charge in [-0.2, -0.15) is 0 Å². The summed E-state index contributed by atoms with van der Waals surface area (Å²) in [7, 11) is 1.92. The van der Waals surface area contributed by atoms with Gasteiger partial charge in [-0.3, -0.25) is 4.79 Å². The van der Waals surface area contributed by atoms with Crippen molar-refractivity contribution in [2.24, 2.45) is 7.05 Å². The number of aryl methyl sites for hydroxylation is 2. The lowest BCUT2D eigenvalue weighted by Crippen LogP contribution is -2.08. The molecule has 3 aromatic heterocycles. The van der Waals surface area contributed by atoms with Crippen molar-refractivity contribution in [3.8, 4) is 11.1 Å². The average Bonchev–Trinajstić information content (AvgIpc) is 3.34. The lowest BCUT2D eigenvalue weighted by atomic mass is 10.0. The molecule has 3 heterocycles. The van der Waals surface area contributed by atoms with Crippen LogP contribution in [0.3, 0.4) is 0 Å². The lowest BCUT2D eigenvalue weighted by molar-refractivity contribution is 0.103. The van der Waals surface area contributed by atoms with Crippen molar-refractivity contribution in [1.29, 1.82) is 0 Å². The number of halogens is 4. The number of benzene rings is 2. The highest BCUT2D eigenvalue weighted by Gasteiger charge is 2.22. The fourth-order valence-electron chi connectivity index (χ4n) is 4.02. The molecule has 0 saturated carbocycles. The standard InChI is InChI=1S/C24H16BrClF2N4O/c1-11-30-23-19(31(11)2)10-14(25)20(21(23)26)13-4-3-7-32-17(13)5-6-18(32)24(33)12-8-15(27)22(29)16(28)9-12/h3-10H,29H2,1-2H3. The summed E-state index contributed by atoms with van der Waals surface area (Å²) >= 11 is 10.4. The number of nitrogens with zero attached hydrogens (tertiary/aromatic N) is 3. The molecule has 166 valence electrons. The summed E-state index contributed by atoms with van der Waals surface area (Å²) in [5, 5.41) is 0.480. The molecule has 0 saturated heterocycles. The molecule has 0 fully saturated rings. The van der Waals surface area contributed by atoms with E-state index in [4.69, 9.17) is 17.3 Å². The smallest absolute Gasteiger partial charge is 0.209 e. The molecule has 0 radical (unpaired) electrons. The Hall–Kier alpha value is -3.23. The third-order valence-corrected chi connectivity index (χ3v) is 6.82. The van der Waals surface area contributed by atoms with Crippen LogP contribution in [0.15, 0.2) is 53.1 Å². The number of ketones is 1. The Morgan fingerprint density at radius 1 is 1.12 bits per heavy atom. The Bertz CT molecular complexity index is 1600. The second kappa shape index (κ2) is 7.67. The molecule has 0 aliphatic rings. The SMILES string of the molecule is Cc1nc2c(Cl)c(-c3cccn4c(C(=O)c5cc(F)c(N)c(F)c5)ccc34)c(Br)cc2n1C. The molecule has 0 bridgehead atoms. The van der Waals surface area contributed by atoms with E-state index < -0.39 is 23.1 Å². The molecule has 2 aromatic carbocycles. The molecule has 0 aliphatic carbocycles. The second-order valence-corrected chi connectivity index (χ2v) is 8.94. The molecule has 0 atom stereocenters. The van der Waals surface area contributed by atoms with Gasteiger partial charge in [-0.25, -0.2) is 13.8 Å². The van der Waals surface area contributed by atoms with Crippen LogP contribution in [0.2, 0.25) is 5.02 Å². The number of hydrogen-bond acceptors (Lipinski definition) is 3. The monoisotopic (exact) mass is 528 g/mol. The van der Waals surface area contributed by atoms with Gasteiger partial charge >= 0.3 is 0 Å². The number of rotatable bonds is 3. The summed E-state index contributed by atoms with van der Waals surface area (Å²) in [5.74, 6) is -1.66. The normalized spacial score (nSPS) is 11.6. The maximum Gasteiger partial charge on any atom is 0.209 e. The zero-order valence-corrected chi connectivity index (χ0v) is 19.8. The van der Waals surface area contributed by atoms with Crippen LogP contribution in [0.1, 0.15) is 21.9 Å². The summed E-state index contributed by atoms with van der Waals surface area (Å²) in [5.41, 5.74) is 8.60. The van der Waals surface area contributed by atoms with Gasteiger partial charge in [-0.05, 0) is 43.3 Å². The Balaban J connectivity index is 1.70. The summed E-state index contributed by atoms with van der Waals surface area (Å²) in [6.45, 7) is 1.90. The Morgan fingerprint density at radius 3 is 2.52 bits per heavy atom. The number of hydrogen-bond donors (Lipinski definition) is 1. The van der Waals surface area contributed by atoms with E-state index in [-0.39, 0.29) is 11.3 Å². The van der Waals surface area contributed by atoms with Crippen LogP contribution >= 0.6 is 27.5 Å². The van der Waals surface area contributed by atoms with Crippen molar-refractivity contribution in [3.05, 3.63) is 86.9 Å². The third kappa shape index (κ3) is 3.24. The van der Waals surface area contributed by atoms with Gasteiger partial charge in [0.15, 0.2) is 0 Å². The highest BCUT2D eigenvalue weighted by molar-refractivity contribution is 9.10. The first-order chi connectivity index (χ1) is 15.7. The number of carbonyl (C=O) groups is 1. The minimum atomic E-state index is -0.977. The molecule has 9 heteroatoms. The molecule has 0 unspecified atom stereocenters. The molecule has 5 aromatic rings. The Labute approximate surface area is 200 Å². The van der Waals surface area contributed by atoms with E-state index in [1.807, 2.05) is 30.7 Å². The van der Waals surface area contributed by atoms with Gasteiger partial charge in [-0.1, -0.05) is 33.6 Å². The zero-order valence-electron chi connectivity index (χ0n) is 17.5.